The third-order valence-corrected chi connectivity index (χ3v) is 4.04. The van der Waals surface area contributed by atoms with Crippen LogP contribution in [-0.4, -0.2) is 37.6 Å². The van der Waals surface area contributed by atoms with Crippen molar-refractivity contribution in [1.82, 2.24) is 4.90 Å². The predicted molar refractivity (Wildman–Crippen MR) is 75.1 cm³/mol. The van der Waals surface area contributed by atoms with Crippen molar-refractivity contribution in [3.8, 4) is 6.07 Å². The molecule has 6 heteroatoms. The summed E-state index contributed by atoms with van der Waals surface area (Å²) in [6, 6.07) is 5.91. The number of piperazine rings is 1. The van der Waals surface area contributed by atoms with Crippen molar-refractivity contribution in [3.05, 3.63) is 29.3 Å². The molecule has 1 fully saturated rings. The minimum absolute atomic E-state index is 0.326. The SMILES string of the molecule is CCC1CN(c2ccc(C#N)c(C(F)(F)F)c2)CCN1C. The van der Waals surface area contributed by atoms with Crippen molar-refractivity contribution >= 4 is 5.69 Å². The van der Waals surface area contributed by atoms with E-state index in [-0.39, 0.29) is 5.56 Å². The lowest BCUT2D eigenvalue weighted by atomic mass is 10.0. The van der Waals surface area contributed by atoms with E-state index in [1.165, 1.54) is 6.07 Å². The summed E-state index contributed by atoms with van der Waals surface area (Å²) in [6.07, 6.45) is -3.55. The summed E-state index contributed by atoms with van der Waals surface area (Å²) >= 11 is 0. The number of halogens is 3. The Bertz CT molecular complexity index is 548. The summed E-state index contributed by atoms with van der Waals surface area (Å²) in [5, 5.41) is 8.83. The molecule has 0 bridgehead atoms. The number of anilines is 1. The zero-order valence-corrected chi connectivity index (χ0v) is 12.1. The van der Waals surface area contributed by atoms with E-state index in [9.17, 15) is 13.2 Å². The molecule has 1 aliphatic rings. The Morgan fingerprint density at radius 1 is 1.33 bits per heavy atom. The molecule has 0 aromatic heterocycles. The molecule has 2 rings (SSSR count). The number of nitriles is 1. The van der Waals surface area contributed by atoms with Crippen LogP contribution in [0.2, 0.25) is 0 Å². The van der Waals surface area contributed by atoms with Crippen LogP contribution in [0, 0.1) is 11.3 Å². The first-order chi connectivity index (χ1) is 9.86. The van der Waals surface area contributed by atoms with Crippen LogP contribution in [0.3, 0.4) is 0 Å². The van der Waals surface area contributed by atoms with Crippen molar-refractivity contribution in [2.24, 2.45) is 0 Å². The van der Waals surface area contributed by atoms with Gasteiger partial charge in [-0.05, 0) is 31.7 Å². The summed E-state index contributed by atoms with van der Waals surface area (Å²) in [5.41, 5.74) is -0.644. The summed E-state index contributed by atoms with van der Waals surface area (Å²) in [4.78, 5) is 4.19. The van der Waals surface area contributed by atoms with Gasteiger partial charge in [0.2, 0.25) is 0 Å². The highest BCUT2D eigenvalue weighted by molar-refractivity contribution is 5.55. The molecule has 0 N–H and O–H groups in total. The molecule has 3 nitrogen and oxygen atoms in total. The Morgan fingerprint density at radius 2 is 2.05 bits per heavy atom. The Balaban J connectivity index is 2.31. The standard InChI is InChI=1S/C15H18F3N3/c1-3-12-10-21(7-6-20(12)2)13-5-4-11(9-19)14(8-13)15(16,17)18/h4-5,8,12H,3,6-7,10H2,1-2H3. The summed E-state index contributed by atoms with van der Waals surface area (Å²) in [7, 11) is 2.03. The molecule has 0 spiro atoms. The van der Waals surface area contributed by atoms with E-state index in [1.54, 1.807) is 12.1 Å². The Labute approximate surface area is 122 Å². The second kappa shape index (κ2) is 5.94. The van der Waals surface area contributed by atoms with E-state index in [4.69, 9.17) is 5.26 Å². The molecule has 1 saturated heterocycles. The van der Waals surface area contributed by atoms with Gasteiger partial charge >= 0.3 is 6.18 Å². The van der Waals surface area contributed by atoms with Gasteiger partial charge < -0.3 is 4.90 Å². The fourth-order valence-corrected chi connectivity index (χ4v) is 2.68. The maximum atomic E-state index is 13.0. The number of alkyl halides is 3. The Morgan fingerprint density at radius 3 is 2.62 bits per heavy atom. The monoisotopic (exact) mass is 297 g/mol. The highest BCUT2D eigenvalue weighted by Gasteiger charge is 2.34. The van der Waals surface area contributed by atoms with Gasteiger partial charge in [-0.3, -0.25) is 4.90 Å². The van der Waals surface area contributed by atoms with E-state index >= 15 is 0 Å². The maximum Gasteiger partial charge on any atom is 0.417 e. The van der Waals surface area contributed by atoms with Crippen molar-refractivity contribution in [1.29, 1.82) is 5.26 Å². The van der Waals surface area contributed by atoms with Crippen LogP contribution in [0.4, 0.5) is 18.9 Å². The zero-order valence-electron chi connectivity index (χ0n) is 12.1. The third kappa shape index (κ3) is 3.30. The average Bonchev–Trinajstić information content (AvgIpc) is 2.46. The zero-order chi connectivity index (χ0) is 15.6. The van der Waals surface area contributed by atoms with E-state index in [0.29, 0.717) is 24.8 Å². The fraction of sp³-hybridized carbons (Fsp3) is 0.533. The minimum atomic E-state index is -4.50. The van der Waals surface area contributed by atoms with Crippen LogP contribution in [-0.2, 0) is 6.18 Å². The van der Waals surface area contributed by atoms with Gasteiger partial charge in [0.1, 0.15) is 0 Å². The first-order valence-corrected chi connectivity index (χ1v) is 6.93. The van der Waals surface area contributed by atoms with Crippen molar-refractivity contribution in [2.75, 3.05) is 31.6 Å². The third-order valence-electron chi connectivity index (χ3n) is 4.04. The van der Waals surface area contributed by atoms with Crippen molar-refractivity contribution < 1.29 is 13.2 Å². The molecule has 0 aliphatic carbocycles. The number of benzene rings is 1. The molecule has 1 atom stereocenters. The molecule has 1 aromatic rings. The lowest BCUT2D eigenvalue weighted by Gasteiger charge is -2.40. The summed E-state index contributed by atoms with van der Waals surface area (Å²) in [5.74, 6) is 0. The van der Waals surface area contributed by atoms with Gasteiger partial charge in [0.15, 0.2) is 0 Å². The summed E-state index contributed by atoms with van der Waals surface area (Å²) < 4.78 is 39.0. The van der Waals surface area contributed by atoms with Crippen LogP contribution < -0.4 is 4.90 Å². The number of nitrogens with zero attached hydrogens (tertiary/aromatic N) is 3. The quantitative estimate of drug-likeness (QED) is 0.840. The van der Waals surface area contributed by atoms with E-state index in [1.807, 2.05) is 11.9 Å². The molecule has 1 aliphatic heterocycles. The second-order valence-electron chi connectivity index (χ2n) is 5.33. The van der Waals surface area contributed by atoms with Crippen LogP contribution in [0.25, 0.3) is 0 Å². The number of rotatable bonds is 2. The topological polar surface area (TPSA) is 30.3 Å². The van der Waals surface area contributed by atoms with Gasteiger partial charge in [0.25, 0.3) is 0 Å². The van der Waals surface area contributed by atoms with Crippen LogP contribution >= 0.6 is 0 Å². The lowest BCUT2D eigenvalue weighted by molar-refractivity contribution is -0.137. The molecule has 114 valence electrons. The molecule has 1 aromatic carbocycles. The van der Waals surface area contributed by atoms with Gasteiger partial charge in [-0.25, -0.2) is 0 Å². The van der Waals surface area contributed by atoms with Crippen molar-refractivity contribution in [2.45, 2.75) is 25.6 Å². The molecular weight excluding hydrogens is 279 g/mol. The highest BCUT2D eigenvalue weighted by atomic mass is 19.4. The summed E-state index contributed by atoms with van der Waals surface area (Å²) in [6.45, 7) is 4.29. The van der Waals surface area contributed by atoms with E-state index in [0.717, 1.165) is 19.0 Å². The molecule has 0 amide bonds. The first kappa shape index (κ1) is 15.6. The van der Waals surface area contributed by atoms with Gasteiger partial charge in [-0.15, -0.1) is 0 Å². The van der Waals surface area contributed by atoms with Crippen LogP contribution in [0.5, 0.6) is 0 Å². The molecule has 0 saturated carbocycles. The van der Waals surface area contributed by atoms with Gasteiger partial charge in [-0.1, -0.05) is 6.92 Å². The first-order valence-electron chi connectivity index (χ1n) is 6.93. The smallest absolute Gasteiger partial charge is 0.369 e. The molecule has 0 radical (unpaired) electrons. The van der Waals surface area contributed by atoms with E-state index < -0.39 is 11.7 Å². The maximum absolute atomic E-state index is 13.0. The lowest BCUT2D eigenvalue weighted by Crippen LogP contribution is -2.51. The van der Waals surface area contributed by atoms with Crippen LogP contribution in [0.1, 0.15) is 24.5 Å². The van der Waals surface area contributed by atoms with Gasteiger partial charge in [0, 0.05) is 31.4 Å². The van der Waals surface area contributed by atoms with Crippen molar-refractivity contribution in [3.63, 3.8) is 0 Å². The van der Waals surface area contributed by atoms with Crippen LogP contribution in [0.15, 0.2) is 18.2 Å². The number of likely N-dealkylation sites (N-methyl/N-ethyl adjacent to an activating group) is 1. The minimum Gasteiger partial charge on any atom is -0.369 e. The molecule has 1 heterocycles. The highest BCUT2D eigenvalue weighted by Crippen LogP contribution is 2.34. The largest absolute Gasteiger partial charge is 0.417 e. The average molecular weight is 297 g/mol. The number of hydrogen-bond donors (Lipinski definition) is 0. The van der Waals surface area contributed by atoms with Gasteiger partial charge in [0.05, 0.1) is 17.2 Å². The number of hydrogen-bond acceptors (Lipinski definition) is 3. The molecule has 21 heavy (non-hydrogen) atoms. The fourth-order valence-electron chi connectivity index (χ4n) is 2.68. The molecule has 1 unspecified atom stereocenters. The molecular formula is C15H18F3N3. The normalized spacial score (nSPS) is 20.4. The van der Waals surface area contributed by atoms with E-state index in [2.05, 4.69) is 11.8 Å². The second-order valence-corrected chi connectivity index (χ2v) is 5.33. The Kier molecular flexibility index (Phi) is 4.43. The Hall–Kier alpha value is -1.74. The predicted octanol–water partition coefficient (Wildman–Crippen LogP) is 3.11. The van der Waals surface area contributed by atoms with Gasteiger partial charge in [-0.2, -0.15) is 18.4 Å².